The fourth-order valence-corrected chi connectivity index (χ4v) is 7.31. The number of ketones is 1. The number of rotatable bonds is 39. The first-order chi connectivity index (χ1) is 34.7. The van der Waals surface area contributed by atoms with Crippen molar-refractivity contribution < 1.29 is 71.7 Å². The van der Waals surface area contributed by atoms with Crippen LogP contribution in [0.5, 0.6) is 0 Å². The first kappa shape index (κ1) is 58.1. The van der Waals surface area contributed by atoms with Gasteiger partial charge in [0.1, 0.15) is 12.4 Å². The van der Waals surface area contributed by atoms with Gasteiger partial charge in [-0.3, -0.25) is 24.0 Å². The number of hydrogen-bond donors (Lipinski definition) is 4. The molecule has 0 bridgehead atoms. The Balaban J connectivity index is 0.910. The van der Waals surface area contributed by atoms with Gasteiger partial charge in [-0.15, -0.1) is 20.4 Å². The molecule has 4 atom stereocenters. The van der Waals surface area contributed by atoms with Crippen molar-refractivity contribution >= 4 is 36.3 Å². The van der Waals surface area contributed by atoms with Crippen LogP contribution in [0.3, 0.4) is 0 Å². The number of aliphatic carboxylic acids is 1. The topological polar surface area (TPSA) is 276 Å². The molecule has 1 saturated heterocycles. The highest BCUT2D eigenvalue weighted by Gasteiger charge is 2.30. The molecule has 0 radical (unpaired) electrons. The van der Waals surface area contributed by atoms with Gasteiger partial charge in [0.2, 0.25) is 11.7 Å². The van der Waals surface area contributed by atoms with Gasteiger partial charge in [0, 0.05) is 54.7 Å². The van der Waals surface area contributed by atoms with E-state index in [0.29, 0.717) is 161 Å². The van der Waals surface area contributed by atoms with Gasteiger partial charge in [-0.25, -0.2) is 0 Å². The van der Waals surface area contributed by atoms with Gasteiger partial charge in [0.25, 0.3) is 12.9 Å². The zero-order valence-electron chi connectivity index (χ0n) is 40.7. The number of benzene rings is 2. The predicted octanol–water partition coefficient (Wildman–Crippen LogP) is 2.34. The van der Waals surface area contributed by atoms with Crippen LogP contribution in [0.4, 0.5) is 5.69 Å². The van der Waals surface area contributed by atoms with Crippen molar-refractivity contribution in [1.29, 1.82) is 0 Å². The molecule has 4 N–H and O–H groups in total. The highest BCUT2D eigenvalue weighted by Crippen LogP contribution is 2.19. The van der Waals surface area contributed by atoms with E-state index in [1.807, 2.05) is 36.4 Å². The van der Waals surface area contributed by atoms with Crippen molar-refractivity contribution in [3.63, 3.8) is 0 Å². The van der Waals surface area contributed by atoms with E-state index in [9.17, 15) is 29.1 Å². The molecule has 1 fully saturated rings. The molecule has 22 nitrogen and oxygen atoms in total. The third-order valence-corrected chi connectivity index (χ3v) is 11.1. The molecule has 0 spiro atoms. The van der Waals surface area contributed by atoms with E-state index in [2.05, 4.69) is 36.3 Å². The average Bonchev–Trinajstić information content (AvgIpc) is 3.44. The Bertz CT molecular complexity index is 1930. The first-order valence-corrected chi connectivity index (χ1v) is 24.1. The van der Waals surface area contributed by atoms with Crippen LogP contribution >= 0.6 is 0 Å². The second-order valence-corrected chi connectivity index (χ2v) is 16.6. The fraction of sp³-hybridized carbons (Fsp3) is 0.612. The van der Waals surface area contributed by atoms with Gasteiger partial charge in [-0.2, -0.15) is 0 Å². The van der Waals surface area contributed by atoms with Crippen LogP contribution in [-0.4, -0.2) is 186 Å². The normalized spacial score (nSPS) is 17.1. The van der Waals surface area contributed by atoms with Crippen molar-refractivity contribution in [1.82, 2.24) is 31.0 Å². The number of anilines is 1. The highest BCUT2D eigenvalue weighted by atomic mass is 16.6. The van der Waals surface area contributed by atoms with Crippen LogP contribution in [0.1, 0.15) is 55.5 Å². The van der Waals surface area contributed by atoms with E-state index in [0.717, 1.165) is 16.7 Å². The molecule has 1 amide bonds. The van der Waals surface area contributed by atoms with Crippen LogP contribution in [-0.2, 0) is 79.4 Å². The number of carboxylic acid groups (broad SMARTS) is 1. The van der Waals surface area contributed by atoms with Crippen molar-refractivity contribution in [2.75, 3.05) is 118 Å². The Morgan fingerprint density at radius 3 is 1.70 bits per heavy atom. The Kier molecular flexibility index (Phi) is 29.9. The Morgan fingerprint density at radius 1 is 0.634 bits per heavy atom. The van der Waals surface area contributed by atoms with E-state index in [1.165, 1.54) is 0 Å². The zero-order chi connectivity index (χ0) is 50.6. The minimum atomic E-state index is -0.963. The third-order valence-electron chi connectivity index (χ3n) is 11.1. The lowest BCUT2D eigenvalue weighted by atomic mass is 9.95. The summed E-state index contributed by atoms with van der Waals surface area (Å²) >= 11 is 0. The average molecular weight is 998 g/mol. The van der Waals surface area contributed by atoms with Gasteiger partial charge < -0.3 is 63.7 Å². The van der Waals surface area contributed by atoms with Crippen LogP contribution in [0.2, 0.25) is 0 Å². The molecular weight excluding hydrogens is 927 g/mol. The smallest absolute Gasteiger partial charge is 0.304 e. The van der Waals surface area contributed by atoms with Gasteiger partial charge in [-0.1, -0.05) is 36.4 Å². The van der Waals surface area contributed by atoms with Crippen LogP contribution in [0, 0.1) is 12.8 Å². The van der Waals surface area contributed by atoms with E-state index >= 15 is 0 Å². The van der Waals surface area contributed by atoms with Crippen LogP contribution in [0.15, 0.2) is 48.5 Å². The summed E-state index contributed by atoms with van der Waals surface area (Å²) in [6.45, 7) is 8.76. The molecule has 1 aliphatic rings. The van der Waals surface area contributed by atoms with Crippen molar-refractivity contribution in [2.45, 2.75) is 76.4 Å². The summed E-state index contributed by atoms with van der Waals surface area (Å²) < 4.78 is 48.7. The molecule has 1 aliphatic heterocycles. The second-order valence-electron chi connectivity index (χ2n) is 16.6. The maximum atomic E-state index is 12.6. The number of aromatic nitrogens is 4. The minimum absolute atomic E-state index is 0.0381. The Morgan fingerprint density at radius 2 is 1.15 bits per heavy atom. The van der Waals surface area contributed by atoms with E-state index < -0.39 is 12.0 Å². The van der Waals surface area contributed by atoms with E-state index in [-0.39, 0.29) is 62.4 Å². The number of carbonyl (C=O) groups is 5. The summed E-state index contributed by atoms with van der Waals surface area (Å²) in [5.41, 5.74) is 3.40. The van der Waals surface area contributed by atoms with Crippen molar-refractivity contribution in [3.8, 4) is 11.4 Å². The summed E-state index contributed by atoms with van der Waals surface area (Å²) in [5.74, 6) is -0.0821. The Labute approximate surface area is 414 Å². The summed E-state index contributed by atoms with van der Waals surface area (Å²) in [4.78, 5) is 58.4. The van der Waals surface area contributed by atoms with E-state index in [4.69, 9.17) is 42.6 Å². The van der Waals surface area contributed by atoms with E-state index in [1.54, 1.807) is 19.1 Å². The summed E-state index contributed by atoms with van der Waals surface area (Å²) in [6.07, 6.45) is 3.23. The number of aryl methyl sites for hydroxylation is 2. The highest BCUT2D eigenvalue weighted by molar-refractivity contribution is 5.90. The van der Waals surface area contributed by atoms with Gasteiger partial charge in [0.15, 0.2) is 5.82 Å². The number of Topliss-reactive ketones (excluding diaryl/α,β-unsaturated/α-hetero) is 1. The molecule has 392 valence electrons. The SMILES string of the molecule is Cc1nnc(-c2ccc(CCC(=O)CCOCCOCCOCCOCCOCCOCCOCCC(=O)Nc3ccc(CC4NC(COC=O)CCC(COC=O)CNC4CC(=O)O)cc3)cc2)nn1. The molecule has 3 aromatic rings. The quantitative estimate of drug-likeness (QED) is 0.0472. The lowest BCUT2D eigenvalue weighted by Crippen LogP contribution is -2.54. The molecule has 0 saturated carbocycles. The minimum Gasteiger partial charge on any atom is -0.481 e. The molecule has 22 heteroatoms. The number of nitrogens with zero attached hydrogens (tertiary/aromatic N) is 4. The van der Waals surface area contributed by atoms with Crippen molar-refractivity contribution in [3.05, 3.63) is 65.5 Å². The zero-order valence-corrected chi connectivity index (χ0v) is 40.7. The van der Waals surface area contributed by atoms with Crippen LogP contribution in [0.25, 0.3) is 11.4 Å². The molecule has 0 aliphatic carbocycles. The lowest BCUT2D eigenvalue weighted by molar-refractivity contribution is -0.137. The molecule has 71 heavy (non-hydrogen) atoms. The monoisotopic (exact) mass is 998 g/mol. The summed E-state index contributed by atoms with van der Waals surface area (Å²) in [7, 11) is 0. The summed E-state index contributed by atoms with van der Waals surface area (Å²) in [6, 6.07) is 14.0. The maximum Gasteiger partial charge on any atom is 0.304 e. The molecule has 2 heterocycles. The molecule has 2 aromatic carbocycles. The first-order valence-electron chi connectivity index (χ1n) is 24.1. The third kappa shape index (κ3) is 26.6. The number of amides is 1. The predicted molar refractivity (Wildman–Crippen MR) is 256 cm³/mol. The number of ether oxygens (including phenoxy) is 9. The largest absolute Gasteiger partial charge is 0.481 e. The second kappa shape index (κ2) is 36.5. The molecule has 4 rings (SSSR count). The molecule has 1 aromatic heterocycles. The number of carboxylic acids is 1. The summed E-state index contributed by atoms with van der Waals surface area (Å²) in [5, 5.41) is 35.3. The lowest BCUT2D eigenvalue weighted by Gasteiger charge is -2.31. The van der Waals surface area contributed by atoms with Gasteiger partial charge >= 0.3 is 5.97 Å². The standard InChI is InChI=1S/C49H71N7O15/c1-37-53-55-49(56-54-37)41-8-2-38(3-9-41)7-13-44(59)14-16-63-18-20-65-22-24-67-26-28-69-29-27-68-25-23-66-21-19-64-17-15-47(60)52-42-10-4-39(5-11-42)30-46-45(31-48(61)62)50-32-40(33-70-35-57)6-12-43(51-46)34-71-36-58/h2-5,8-11,35-36,40,43,45-46,50-51H,6-7,12-34H2,1H3,(H,52,60)(H,61,62). The Hall–Kier alpha value is -5.43. The van der Waals surface area contributed by atoms with Gasteiger partial charge in [0.05, 0.1) is 112 Å². The molecule has 4 unspecified atom stereocenters. The number of carbonyl (C=O) groups excluding carboxylic acids is 4. The van der Waals surface area contributed by atoms with Gasteiger partial charge in [-0.05, 0) is 55.9 Å². The fourth-order valence-electron chi connectivity index (χ4n) is 7.31. The maximum absolute atomic E-state index is 12.6. The number of nitrogens with one attached hydrogen (secondary N) is 3. The molecular formula is C49H71N7O15. The van der Waals surface area contributed by atoms with Crippen molar-refractivity contribution in [2.24, 2.45) is 5.92 Å². The van der Waals surface area contributed by atoms with Crippen LogP contribution < -0.4 is 16.0 Å². The number of hydrogen-bond acceptors (Lipinski definition) is 20.